The van der Waals surface area contributed by atoms with Crippen LogP contribution in [0, 0.1) is 0 Å². The van der Waals surface area contributed by atoms with E-state index in [2.05, 4.69) is 203 Å². The second kappa shape index (κ2) is 11.3. The standard InChI is InChI=1S/C50H32N2/c1-3-11-33(12-4-1)47-29-43-31-50-44(32-49(43)51(47)45-21-19-39-23-35-15-7-9-17-37(35)25-41(39)27-45)30-48(34-13-5-2-6-14-34)52(50)46-22-20-40-24-36-16-8-10-18-38(36)26-42(40)28-46/h1-32H. The highest BCUT2D eigenvalue weighted by Crippen LogP contribution is 2.39. The molecular formula is C50H32N2. The van der Waals surface area contributed by atoms with Crippen molar-refractivity contribution >= 4 is 64.9 Å². The van der Waals surface area contributed by atoms with E-state index in [0.717, 1.165) is 11.4 Å². The average molecular weight is 661 g/mol. The molecule has 2 heteroatoms. The molecule has 52 heavy (non-hydrogen) atoms. The summed E-state index contributed by atoms with van der Waals surface area (Å²) in [7, 11) is 0. The fourth-order valence-corrected chi connectivity index (χ4v) is 8.24. The van der Waals surface area contributed by atoms with E-state index in [1.54, 1.807) is 0 Å². The Hall–Kier alpha value is -6.90. The molecule has 0 fully saturated rings. The van der Waals surface area contributed by atoms with Crippen LogP contribution in [0.3, 0.4) is 0 Å². The Balaban J connectivity index is 1.18. The third-order valence-corrected chi connectivity index (χ3v) is 10.8. The molecule has 0 unspecified atom stereocenters. The molecule has 0 radical (unpaired) electrons. The minimum Gasteiger partial charge on any atom is -0.309 e. The van der Waals surface area contributed by atoms with Crippen molar-refractivity contribution in [2.24, 2.45) is 0 Å². The Kier molecular flexibility index (Phi) is 6.28. The fourth-order valence-electron chi connectivity index (χ4n) is 8.24. The van der Waals surface area contributed by atoms with Gasteiger partial charge >= 0.3 is 0 Å². The lowest BCUT2D eigenvalue weighted by atomic mass is 10.0. The van der Waals surface area contributed by atoms with E-state index < -0.39 is 0 Å². The molecule has 0 spiro atoms. The van der Waals surface area contributed by atoms with Gasteiger partial charge < -0.3 is 9.13 Å². The van der Waals surface area contributed by atoms with Gasteiger partial charge in [-0.3, -0.25) is 0 Å². The summed E-state index contributed by atoms with van der Waals surface area (Å²) in [5.74, 6) is 0. The first-order valence-corrected chi connectivity index (χ1v) is 17.9. The first kappa shape index (κ1) is 28.9. The molecule has 0 amide bonds. The number of benzene rings is 9. The largest absolute Gasteiger partial charge is 0.309 e. The molecule has 0 saturated heterocycles. The first-order valence-electron chi connectivity index (χ1n) is 17.9. The molecule has 0 aliphatic carbocycles. The van der Waals surface area contributed by atoms with Crippen LogP contribution in [0.5, 0.6) is 0 Å². The van der Waals surface area contributed by atoms with E-state index in [1.807, 2.05) is 0 Å². The van der Waals surface area contributed by atoms with Crippen molar-refractivity contribution in [3.8, 4) is 33.9 Å². The summed E-state index contributed by atoms with van der Waals surface area (Å²) in [5.41, 5.74) is 9.42. The lowest BCUT2D eigenvalue weighted by Gasteiger charge is -2.14. The molecule has 0 aliphatic rings. The third kappa shape index (κ3) is 4.58. The summed E-state index contributed by atoms with van der Waals surface area (Å²) >= 11 is 0. The molecule has 0 aliphatic heterocycles. The number of nitrogens with zero attached hydrogens (tertiary/aromatic N) is 2. The molecule has 2 nitrogen and oxygen atoms in total. The van der Waals surface area contributed by atoms with Gasteiger partial charge in [0.05, 0.1) is 22.4 Å². The van der Waals surface area contributed by atoms with E-state index in [1.165, 1.54) is 87.4 Å². The highest BCUT2D eigenvalue weighted by Gasteiger charge is 2.19. The van der Waals surface area contributed by atoms with Crippen LogP contribution in [-0.4, -0.2) is 9.13 Å². The normalized spacial score (nSPS) is 11.8. The van der Waals surface area contributed by atoms with Crippen molar-refractivity contribution in [1.29, 1.82) is 0 Å². The van der Waals surface area contributed by atoms with Crippen LogP contribution in [0.4, 0.5) is 0 Å². The van der Waals surface area contributed by atoms with E-state index in [-0.39, 0.29) is 0 Å². The van der Waals surface area contributed by atoms with Gasteiger partial charge in [0, 0.05) is 22.1 Å². The summed E-state index contributed by atoms with van der Waals surface area (Å²) in [6.45, 7) is 0. The van der Waals surface area contributed by atoms with Gasteiger partial charge in [-0.2, -0.15) is 0 Å². The molecule has 2 aromatic heterocycles. The maximum Gasteiger partial charge on any atom is 0.0542 e. The van der Waals surface area contributed by atoms with Gasteiger partial charge in [0.2, 0.25) is 0 Å². The van der Waals surface area contributed by atoms with Crippen LogP contribution in [0.25, 0.3) is 98.8 Å². The first-order chi connectivity index (χ1) is 25.7. The van der Waals surface area contributed by atoms with Crippen LogP contribution in [-0.2, 0) is 0 Å². The molecular weight excluding hydrogens is 629 g/mol. The van der Waals surface area contributed by atoms with Crippen molar-refractivity contribution < 1.29 is 0 Å². The molecule has 242 valence electrons. The summed E-state index contributed by atoms with van der Waals surface area (Å²) in [5, 5.41) is 12.4. The van der Waals surface area contributed by atoms with Gasteiger partial charge in [-0.05, 0) is 127 Å². The summed E-state index contributed by atoms with van der Waals surface area (Å²) in [6, 6.07) is 71.3. The fraction of sp³-hybridized carbons (Fsp3) is 0. The third-order valence-electron chi connectivity index (χ3n) is 10.8. The monoisotopic (exact) mass is 660 g/mol. The SMILES string of the molecule is c1ccc(-c2cc3cc4c(cc(-c5ccccc5)n4-c4ccc5cc6ccccc6cc5c4)cc3n2-c2ccc3cc4ccccc4cc3c2)cc1. The van der Waals surface area contributed by atoms with Gasteiger partial charge in [0.15, 0.2) is 0 Å². The maximum atomic E-state index is 2.44. The van der Waals surface area contributed by atoms with Crippen molar-refractivity contribution in [2.75, 3.05) is 0 Å². The molecule has 0 bridgehead atoms. The number of rotatable bonds is 4. The van der Waals surface area contributed by atoms with Crippen molar-refractivity contribution in [2.45, 2.75) is 0 Å². The predicted molar refractivity (Wildman–Crippen MR) is 221 cm³/mol. The van der Waals surface area contributed by atoms with E-state index >= 15 is 0 Å². The van der Waals surface area contributed by atoms with Crippen molar-refractivity contribution in [1.82, 2.24) is 9.13 Å². The summed E-state index contributed by atoms with van der Waals surface area (Å²) in [4.78, 5) is 0. The zero-order valence-electron chi connectivity index (χ0n) is 28.4. The highest BCUT2D eigenvalue weighted by atomic mass is 15.0. The topological polar surface area (TPSA) is 9.86 Å². The van der Waals surface area contributed by atoms with Gasteiger partial charge in [0.25, 0.3) is 0 Å². The minimum atomic E-state index is 1.15. The highest BCUT2D eigenvalue weighted by molar-refractivity contribution is 6.04. The number of fused-ring (bicyclic) bond motifs is 6. The van der Waals surface area contributed by atoms with E-state index in [4.69, 9.17) is 0 Å². The molecule has 11 rings (SSSR count). The predicted octanol–water partition coefficient (Wildman–Crippen LogP) is 13.5. The Morgan fingerprint density at radius 3 is 0.981 bits per heavy atom. The van der Waals surface area contributed by atoms with E-state index in [0.29, 0.717) is 0 Å². The Labute approximate surface area is 301 Å². The van der Waals surface area contributed by atoms with Crippen LogP contribution in [0.15, 0.2) is 194 Å². The number of hydrogen-bond donors (Lipinski definition) is 0. The maximum absolute atomic E-state index is 2.44. The smallest absolute Gasteiger partial charge is 0.0542 e. The second-order valence-electron chi connectivity index (χ2n) is 13.9. The van der Waals surface area contributed by atoms with Crippen LogP contribution in [0.2, 0.25) is 0 Å². The van der Waals surface area contributed by atoms with Crippen molar-refractivity contribution in [3.05, 3.63) is 194 Å². The Morgan fingerprint density at radius 1 is 0.231 bits per heavy atom. The van der Waals surface area contributed by atoms with Crippen LogP contribution in [0.1, 0.15) is 0 Å². The lowest BCUT2D eigenvalue weighted by Crippen LogP contribution is -1.98. The Bertz CT molecular complexity index is 2950. The van der Waals surface area contributed by atoms with Crippen LogP contribution >= 0.6 is 0 Å². The van der Waals surface area contributed by atoms with Gasteiger partial charge in [-0.1, -0.05) is 121 Å². The second-order valence-corrected chi connectivity index (χ2v) is 13.9. The molecule has 0 atom stereocenters. The summed E-state index contributed by atoms with van der Waals surface area (Å²) in [6.07, 6.45) is 0. The average Bonchev–Trinajstić information content (AvgIpc) is 3.76. The van der Waals surface area contributed by atoms with Crippen LogP contribution < -0.4 is 0 Å². The molecule has 0 N–H and O–H groups in total. The van der Waals surface area contributed by atoms with Gasteiger partial charge in [-0.25, -0.2) is 0 Å². The quantitative estimate of drug-likeness (QED) is 0.166. The Morgan fingerprint density at radius 2 is 0.577 bits per heavy atom. The number of hydrogen-bond acceptors (Lipinski definition) is 0. The molecule has 9 aromatic carbocycles. The number of aromatic nitrogens is 2. The zero-order chi connectivity index (χ0) is 34.2. The lowest BCUT2D eigenvalue weighted by molar-refractivity contribution is 1.14. The van der Waals surface area contributed by atoms with Gasteiger partial charge in [-0.15, -0.1) is 0 Å². The zero-order valence-corrected chi connectivity index (χ0v) is 28.4. The van der Waals surface area contributed by atoms with E-state index in [9.17, 15) is 0 Å². The molecule has 0 saturated carbocycles. The molecule has 2 heterocycles. The summed E-state index contributed by atoms with van der Waals surface area (Å²) < 4.78 is 4.89. The van der Waals surface area contributed by atoms with Crippen molar-refractivity contribution in [3.63, 3.8) is 0 Å². The van der Waals surface area contributed by atoms with Gasteiger partial charge in [0.1, 0.15) is 0 Å². The molecule has 11 aromatic rings. The minimum absolute atomic E-state index is 1.15.